The molecule has 2 aromatic rings. The molecule has 1 amide bonds. The molecule has 0 spiro atoms. The molecule has 0 aliphatic heterocycles. The van der Waals surface area contributed by atoms with Crippen molar-refractivity contribution in [3.63, 3.8) is 0 Å². The first-order chi connectivity index (χ1) is 8.25. The van der Waals surface area contributed by atoms with Gasteiger partial charge in [-0.15, -0.1) is 0 Å². The van der Waals surface area contributed by atoms with Gasteiger partial charge in [-0.3, -0.25) is 9.78 Å². The van der Waals surface area contributed by atoms with Crippen LogP contribution in [0.25, 0.3) is 0 Å². The van der Waals surface area contributed by atoms with Crippen molar-refractivity contribution in [2.24, 2.45) is 0 Å². The molecule has 3 nitrogen and oxygen atoms in total. The average molecular weight is 246 g/mol. The second-order valence-corrected chi connectivity index (χ2v) is 4.63. The van der Waals surface area contributed by atoms with Gasteiger partial charge in [0.2, 0.25) is 5.91 Å². The maximum absolute atomic E-state index is 11.8. The number of nitrogens with one attached hydrogen (secondary N) is 1. The molecule has 0 aliphatic rings. The lowest BCUT2D eigenvalue weighted by Gasteiger charge is -2.12. The molecule has 1 N–H and O–H groups in total. The number of carbonyl (C=O) groups excluding carboxylic acids is 1. The molecule has 17 heavy (non-hydrogen) atoms. The summed E-state index contributed by atoms with van der Waals surface area (Å²) in [6, 6.07) is 7.61. The standard InChI is InChI=1S/C13H14N2OS/c1-10(12-4-2-3-6-14-12)15-13(16)8-11-5-7-17-9-11/h2-7,9-10H,8H2,1H3,(H,15,16). The van der Waals surface area contributed by atoms with Crippen molar-refractivity contribution >= 4 is 17.2 Å². The summed E-state index contributed by atoms with van der Waals surface area (Å²) in [4.78, 5) is 16.0. The van der Waals surface area contributed by atoms with Crippen LogP contribution in [0.4, 0.5) is 0 Å². The lowest BCUT2D eigenvalue weighted by Crippen LogP contribution is -2.28. The summed E-state index contributed by atoms with van der Waals surface area (Å²) in [5.41, 5.74) is 1.94. The van der Waals surface area contributed by atoms with Gasteiger partial charge in [-0.25, -0.2) is 0 Å². The molecule has 0 saturated heterocycles. The van der Waals surface area contributed by atoms with Crippen LogP contribution in [-0.2, 0) is 11.2 Å². The molecule has 1 unspecified atom stereocenters. The van der Waals surface area contributed by atoms with Crippen LogP contribution in [0.1, 0.15) is 24.2 Å². The molecule has 1 atom stereocenters. The van der Waals surface area contributed by atoms with Gasteiger partial charge in [-0.2, -0.15) is 11.3 Å². The van der Waals surface area contributed by atoms with Crippen LogP contribution in [0, 0.1) is 0 Å². The van der Waals surface area contributed by atoms with Gasteiger partial charge in [0.05, 0.1) is 18.2 Å². The lowest BCUT2D eigenvalue weighted by atomic mass is 10.2. The minimum absolute atomic E-state index is 0.0292. The van der Waals surface area contributed by atoms with Gasteiger partial charge >= 0.3 is 0 Å². The summed E-state index contributed by atoms with van der Waals surface area (Å²) in [5, 5.41) is 6.91. The first kappa shape index (κ1) is 11.8. The third kappa shape index (κ3) is 3.39. The summed E-state index contributed by atoms with van der Waals surface area (Å²) in [6.07, 6.45) is 2.16. The Labute approximate surface area is 105 Å². The summed E-state index contributed by atoms with van der Waals surface area (Å²) >= 11 is 1.60. The molecular formula is C13H14N2OS. The fraction of sp³-hybridized carbons (Fsp3) is 0.231. The quantitative estimate of drug-likeness (QED) is 0.901. The number of hydrogen-bond donors (Lipinski definition) is 1. The highest BCUT2D eigenvalue weighted by Crippen LogP contribution is 2.10. The second kappa shape index (κ2) is 5.59. The molecule has 2 rings (SSSR count). The summed E-state index contributed by atoms with van der Waals surface area (Å²) in [6.45, 7) is 1.94. The highest BCUT2D eigenvalue weighted by Gasteiger charge is 2.10. The Kier molecular flexibility index (Phi) is 3.88. The Bertz CT molecular complexity index is 467. The number of thiophene rings is 1. The number of pyridine rings is 1. The molecule has 0 fully saturated rings. The molecule has 4 heteroatoms. The van der Waals surface area contributed by atoms with E-state index in [1.165, 1.54) is 0 Å². The van der Waals surface area contributed by atoms with Crippen molar-refractivity contribution in [2.75, 3.05) is 0 Å². The van der Waals surface area contributed by atoms with Crippen LogP contribution in [-0.4, -0.2) is 10.9 Å². The Hall–Kier alpha value is -1.68. The molecule has 0 radical (unpaired) electrons. The predicted octanol–water partition coefficient (Wildman–Crippen LogP) is 2.56. The molecular weight excluding hydrogens is 232 g/mol. The number of nitrogens with zero attached hydrogens (tertiary/aromatic N) is 1. The molecule has 0 bridgehead atoms. The van der Waals surface area contributed by atoms with E-state index in [9.17, 15) is 4.79 Å². The first-order valence-electron chi connectivity index (χ1n) is 5.47. The van der Waals surface area contributed by atoms with Crippen LogP contribution < -0.4 is 5.32 Å². The fourth-order valence-electron chi connectivity index (χ4n) is 1.58. The molecule has 0 aliphatic carbocycles. The van der Waals surface area contributed by atoms with E-state index in [2.05, 4.69) is 10.3 Å². The highest BCUT2D eigenvalue weighted by atomic mass is 32.1. The third-order valence-corrected chi connectivity index (χ3v) is 3.19. The van der Waals surface area contributed by atoms with E-state index < -0.39 is 0 Å². The minimum atomic E-state index is -0.0534. The molecule has 88 valence electrons. The van der Waals surface area contributed by atoms with Crippen LogP contribution in [0.15, 0.2) is 41.2 Å². The maximum atomic E-state index is 11.8. The molecule has 2 aromatic heterocycles. The zero-order valence-electron chi connectivity index (χ0n) is 9.59. The van der Waals surface area contributed by atoms with E-state index in [0.29, 0.717) is 6.42 Å². The van der Waals surface area contributed by atoms with Crippen molar-refractivity contribution in [1.29, 1.82) is 0 Å². The summed E-state index contributed by atoms with van der Waals surface area (Å²) in [5.74, 6) is 0.0292. The predicted molar refractivity (Wildman–Crippen MR) is 68.8 cm³/mol. The fourth-order valence-corrected chi connectivity index (χ4v) is 2.25. The second-order valence-electron chi connectivity index (χ2n) is 3.85. The highest BCUT2D eigenvalue weighted by molar-refractivity contribution is 7.07. The average Bonchev–Trinajstić information content (AvgIpc) is 2.82. The smallest absolute Gasteiger partial charge is 0.224 e. The van der Waals surface area contributed by atoms with E-state index in [-0.39, 0.29) is 11.9 Å². The minimum Gasteiger partial charge on any atom is -0.348 e. The molecule has 0 saturated carbocycles. The Morgan fingerprint density at radius 3 is 3.00 bits per heavy atom. The number of aromatic nitrogens is 1. The zero-order valence-corrected chi connectivity index (χ0v) is 10.4. The Morgan fingerprint density at radius 1 is 1.47 bits per heavy atom. The Balaban J connectivity index is 1.91. The van der Waals surface area contributed by atoms with Gasteiger partial charge in [-0.1, -0.05) is 6.07 Å². The van der Waals surface area contributed by atoms with E-state index in [1.54, 1.807) is 17.5 Å². The van der Waals surface area contributed by atoms with Gasteiger partial charge in [0.1, 0.15) is 0 Å². The van der Waals surface area contributed by atoms with Gasteiger partial charge in [0.15, 0.2) is 0 Å². The largest absolute Gasteiger partial charge is 0.348 e. The van der Waals surface area contributed by atoms with Gasteiger partial charge < -0.3 is 5.32 Å². The monoisotopic (exact) mass is 246 g/mol. The maximum Gasteiger partial charge on any atom is 0.224 e. The van der Waals surface area contributed by atoms with Crippen molar-refractivity contribution in [1.82, 2.24) is 10.3 Å². The first-order valence-corrected chi connectivity index (χ1v) is 6.41. The molecule has 0 aromatic carbocycles. The van der Waals surface area contributed by atoms with Crippen molar-refractivity contribution in [3.05, 3.63) is 52.5 Å². The van der Waals surface area contributed by atoms with Crippen LogP contribution in [0.3, 0.4) is 0 Å². The van der Waals surface area contributed by atoms with Crippen molar-refractivity contribution in [2.45, 2.75) is 19.4 Å². The number of carbonyl (C=O) groups is 1. The van der Waals surface area contributed by atoms with Gasteiger partial charge in [0, 0.05) is 6.20 Å². The normalized spacial score (nSPS) is 12.1. The van der Waals surface area contributed by atoms with Crippen LogP contribution in [0.2, 0.25) is 0 Å². The summed E-state index contributed by atoms with van der Waals surface area (Å²) in [7, 11) is 0. The van der Waals surface area contributed by atoms with E-state index >= 15 is 0 Å². The van der Waals surface area contributed by atoms with E-state index in [4.69, 9.17) is 0 Å². The number of amides is 1. The zero-order chi connectivity index (χ0) is 12.1. The number of hydrogen-bond acceptors (Lipinski definition) is 3. The van der Waals surface area contributed by atoms with E-state index in [0.717, 1.165) is 11.3 Å². The van der Waals surface area contributed by atoms with Gasteiger partial charge in [-0.05, 0) is 41.4 Å². The van der Waals surface area contributed by atoms with Crippen molar-refractivity contribution < 1.29 is 4.79 Å². The van der Waals surface area contributed by atoms with Crippen LogP contribution >= 0.6 is 11.3 Å². The third-order valence-electron chi connectivity index (χ3n) is 2.45. The number of rotatable bonds is 4. The van der Waals surface area contributed by atoms with Crippen molar-refractivity contribution in [3.8, 4) is 0 Å². The SMILES string of the molecule is CC(NC(=O)Cc1ccsc1)c1ccccn1. The van der Waals surface area contributed by atoms with Crippen LogP contribution in [0.5, 0.6) is 0 Å². The summed E-state index contributed by atoms with van der Waals surface area (Å²) < 4.78 is 0. The molecule has 2 heterocycles. The van der Waals surface area contributed by atoms with E-state index in [1.807, 2.05) is 41.9 Å². The topological polar surface area (TPSA) is 42.0 Å². The van der Waals surface area contributed by atoms with Gasteiger partial charge in [0.25, 0.3) is 0 Å². The lowest BCUT2D eigenvalue weighted by molar-refractivity contribution is -0.121. The Morgan fingerprint density at radius 2 is 2.35 bits per heavy atom.